The lowest BCUT2D eigenvalue weighted by Gasteiger charge is -1.99. The van der Waals surface area contributed by atoms with Gasteiger partial charge in [0, 0.05) is 12.3 Å². The first kappa shape index (κ1) is 10.1. The molecule has 0 fully saturated rings. The molecule has 1 heterocycles. The summed E-state index contributed by atoms with van der Waals surface area (Å²) in [6.45, 7) is 0. The van der Waals surface area contributed by atoms with Gasteiger partial charge in [-0.25, -0.2) is 9.07 Å². The van der Waals surface area contributed by atoms with Gasteiger partial charge in [-0.1, -0.05) is 17.3 Å². The Morgan fingerprint density at radius 1 is 1.33 bits per heavy atom. The molecule has 78 valence electrons. The molecule has 0 aliphatic heterocycles. The van der Waals surface area contributed by atoms with Gasteiger partial charge in [0.1, 0.15) is 11.5 Å². The Kier molecular flexibility index (Phi) is 2.97. The van der Waals surface area contributed by atoms with Gasteiger partial charge in [-0.3, -0.25) is 0 Å². The number of benzene rings is 1. The van der Waals surface area contributed by atoms with Crippen molar-refractivity contribution in [1.29, 1.82) is 0 Å². The molecule has 0 aliphatic carbocycles. The van der Waals surface area contributed by atoms with Crippen LogP contribution in [0.5, 0.6) is 0 Å². The van der Waals surface area contributed by atoms with Crippen molar-refractivity contribution in [2.75, 3.05) is 5.88 Å². The van der Waals surface area contributed by atoms with Crippen LogP contribution in [0.1, 0.15) is 5.69 Å². The van der Waals surface area contributed by atoms with E-state index in [1.807, 2.05) is 0 Å². The van der Waals surface area contributed by atoms with Gasteiger partial charge in [0.25, 0.3) is 0 Å². The zero-order valence-corrected chi connectivity index (χ0v) is 8.65. The molecule has 3 nitrogen and oxygen atoms in total. The summed E-state index contributed by atoms with van der Waals surface area (Å²) >= 11 is 5.57. The van der Waals surface area contributed by atoms with E-state index >= 15 is 0 Å². The minimum Gasteiger partial charge on any atom is -0.217 e. The molecule has 0 aliphatic rings. The average Bonchev–Trinajstić information content (AvgIpc) is 2.68. The first-order chi connectivity index (χ1) is 7.31. The second-order valence-corrected chi connectivity index (χ2v) is 3.42. The van der Waals surface area contributed by atoms with Crippen molar-refractivity contribution in [3.8, 4) is 5.69 Å². The average molecular weight is 226 g/mol. The molecule has 0 spiro atoms. The van der Waals surface area contributed by atoms with E-state index in [1.165, 1.54) is 10.7 Å². The Morgan fingerprint density at radius 2 is 2.13 bits per heavy atom. The molecule has 0 saturated carbocycles. The lowest BCUT2D eigenvalue weighted by atomic mass is 10.3. The van der Waals surface area contributed by atoms with E-state index in [2.05, 4.69) is 10.3 Å². The smallest absolute Gasteiger partial charge is 0.148 e. The van der Waals surface area contributed by atoms with Crippen LogP contribution in [0.3, 0.4) is 0 Å². The fourth-order valence-corrected chi connectivity index (χ4v) is 1.46. The number of alkyl halides is 1. The van der Waals surface area contributed by atoms with E-state index < -0.39 is 0 Å². The van der Waals surface area contributed by atoms with Crippen LogP contribution < -0.4 is 0 Å². The summed E-state index contributed by atoms with van der Waals surface area (Å²) in [6.07, 6.45) is 2.32. The van der Waals surface area contributed by atoms with Gasteiger partial charge in [0.2, 0.25) is 0 Å². The molecule has 0 bridgehead atoms. The fourth-order valence-electron chi connectivity index (χ4n) is 1.27. The normalized spacial score (nSPS) is 10.5. The summed E-state index contributed by atoms with van der Waals surface area (Å²) in [5.74, 6) is 0.163. The Balaban J connectivity index is 2.33. The van der Waals surface area contributed by atoms with Gasteiger partial charge in [-0.2, -0.15) is 0 Å². The lowest BCUT2D eigenvalue weighted by molar-refractivity contribution is 0.607. The lowest BCUT2D eigenvalue weighted by Crippen LogP contribution is -1.97. The van der Waals surface area contributed by atoms with Gasteiger partial charge in [-0.15, -0.1) is 16.7 Å². The molecule has 0 amide bonds. The number of para-hydroxylation sites is 1. The first-order valence-electron chi connectivity index (χ1n) is 4.53. The first-order valence-corrected chi connectivity index (χ1v) is 5.07. The van der Waals surface area contributed by atoms with Gasteiger partial charge in [-0.05, 0) is 12.1 Å². The predicted octanol–water partition coefficient (Wildman–Crippen LogP) is 2.19. The Hall–Kier alpha value is -1.42. The fraction of sp³-hybridized carbons (Fsp3) is 0.200. The molecule has 0 atom stereocenters. The predicted molar refractivity (Wildman–Crippen MR) is 55.7 cm³/mol. The highest BCUT2D eigenvalue weighted by atomic mass is 35.5. The Labute approximate surface area is 91.5 Å². The molecule has 15 heavy (non-hydrogen) atoms. The maximum atomic E-state index is 13.4. The van der Waals surface area contributed by atoms with Gasteiger partial charge in [0.15, 0.2) is 0 Å². The Bertz CT molecular complexity index is 455. The zero-order chi connectivity index (χ0) is 10.7. The highest BCUT2D eigenvalue weighted by molar-refractivity contribution is 6.17. The van der Waals surface area contributed by atoms with E-state index in [1.54, 1.807) is 24.4 Å². The molecule has 5 heteroatoms. The second kappa shape index (κ2) is 4.40. The molecule has 1 aromatic heterocycles. The third-order valence-corrected chi connectivity index (χ3v) is 2.18. The van der Waals surface area contributed by atoms with E-state index in [9.17, 15) is 4.39 Å². The number of halogens is 2. The second-order valence-electron chi connectivity index (χ2n) is 3.04. The molecule has 1 aromatic carbocycles. The van der Waals surface area contributed by atoms with Crippen LogP contribution >= 0.6 is 11.6 Å². The summed E-state index contributed by atoms with van der Waals surface area (Å²) in [4.78, 5) is 0. The number of hydrogen-bond acceptors (Lipinski definition) is 2. The maximum Gasteiger partial charge on any atom is 0.148 e. The summed E-state index contributed by atoms with van der Waals surface area (Å²) < 4.78 is 14.8. The summed E-state index contributed by atoms with van der Waals surface area (Å²) in [5, 5.41) is 7.72. The van der Waals surface area contributed by atoms with Crippen molar-refractivity contribution in [2.45, 2.75) is 6.42 Å². The topological polar surface area (TPSA) is 30.7 Å². The zero-order valence-electron chi connectivity index (χ0n) is 7.90. The SMILES string of the molecule is Fc1ccccc1-n1cc(CCCl)nn1. The van der Waals surface area contributed by atoms with E-state index in [0.717, 1.165) is 5.69 Å². The minimum absolute atomic E-state index is 0.320. The summed E-state index contributed by atoms with van der Waals surface area (Å²) in [6, 6.07) is 6.42. The van der Waals surface area contributed by atoms with Crippen LogP contribution in [0.15, 0.2) is 30.5 Å². The minimum atomic E-state index is -0.320. The third-order valence-electron chi connectivity index (χ3n) is 1.99. The largest absolute Gasteiger partial charge is 0.217 e. The number of nitrogens with zero attached hydrogens (tertiary/aromatic N) is 3. The standard InChI is InChI=1S/C10H9ClFN3/c11-6-5-8-7-15(14-13-8)10-4-2-1-3-9(10)12/h1-4,7H,5-6H2. The number of hydrogen-bond donors (Lipinski definition) is 0. The van der Waals surface area contributed by atoms with Crippen LogP contribution in [0.4, 0.5) is 4.39 Å². The molecule has 2 rings (SSSR count). The molecule has 2 aromatic rings. The van der Waals surface area contributed by atoms with Crippen LogP contribution in [-0.4, -0.2) is 20.9 Å². The van der Waals surface area contributed by atoms with E-state index in [0.29, 0.717) is 18.0 Å². The van der Waals surface area contributed by atoms with Crippen molar-refractivity contribution in [1.82, 2.24) is 15.0 Å². The Morgan fingerprint density at radius 3 is 2.87 bits per heavy atom. The number of aryl methyl sites for hydroxylation is 1. The summed E-state index contributed by atoms with van der Waals surface area (Å²) in [5.41, 5.74) is 1.15. The molecular weight excluding hydrogens is 217 g/mol. The van der Waals surface area contributed by atoms with E-state index in [4.69, 9.17) is 11.6 Å². The number of rotatable bonds is 3. The highest BCUT2D eigenvalue weighted by Gasteiger charge is 2.06. The molecule has 0 N–H and O–H groups in total. The van der Waals surface area contributed by atoms with E-state index in [-0.39, 0.29) is 5.82 Å². The molecule has 0 unspecified atom stereocenters. The third kappa shape index (κ3) is 2.15. The van der Waals surface area contributed by atoms with Crippen molar-refractivity contribution in [3.05, 3.63) is 42.0 Å². The van der Waals surface area contributed by atoms with Crippen LogP contribution in [0.25, 0.3) is 5.69 Å². The van der Waals surface area contributed by atoms with Crippen molar-refractivity contribution < 1.29 is 4.39 Å². The number of aromatic nitrogens is 3. The summed E-state index contributed by atoms with van der Waals surface area (Å²) in [7, 11) is 0. The van der Waals surface area contributed by atoms with Crippen molar-refractivity contribution in [2.24, 2.45) is 0 Å². The quantitative estimate of drug-likeness (QED) is 0.750. The van der Waals surface area contributed by atoms with Crippen LogP contribution in [-0.2, 0) is 6.42 Å². The highest BCUT2D eigenvalue weighted by Crippen LogP contribution is 2.11. The molecule has 0 radical (unpaired) electrons. The van der Waals surface area contributed by atoms with Crippen LogP contribution in [0, 0.1) is 5.82 Å². The van der Waals surface area contributed by atoms with Gasteiger partial charge < -0.3 is 0 Å². The van der Waals surface area contributed by atoms with Crippen molar-refractivity contribution >= 4 is 11.6 Å². The molecule has 0 saturated heterocycles. The molecular formula is C10H9ClFN3. The van der Waals surface area contributed by atoms with Crippen molar-refractivity contribution in [3.63, 3.8) is 0 Å². The monoisotopic (exact) mass is 225 g/mol. The van der Waals surface area contributed by atoms with Gasteiger partial charge >= 0.3 is 0 Å². The maximum absolute atomic E-state index is 13.4. The van der Waals surface area contributed by atoms with Crippen LogP contribution in [0.2, 0.25) is 0 Å². The van der Waals surface area contributed by atoms with Gasteiger partial charge in [0.05, 0.1) is 11.9 Å².